The Kier molecular flexibility index (Phi) is 13.5. The molecule has 4 aromatic carbocycles. The zero-order valence-electron chi connectivity index (χ0n) is 26.7. The number of nitrogens with one attached hydrogen (secondary N) is 1. The molecule has 5 aromatic rings. The van der Waals surface area contributed by atoms with Crippen molar-refractivity contribution >= 4 is 77.3 Å². The fourth-order valence-electron chi connectivity index (χ4n) is 4.66. The number of anilines is 4. The van der Waals surface area contributed by atoms with Gasteiger partial charge in [-0.3, -0.25) is 0 Å². The van der Waals surface area contributed by atoms with E-state index in [1.807, 2.05) is 43.0 Å². The Morgan fingerprint density at radius 1 is 0.918 bits per heavy atom. The topological polar surface area (TPSA) is 223 Å². The number of aryl methyl sites for hydroxylation is 1. The monoisotopic (exact) mass is 743 g/mol. The van der Waals surface area contributed by atoms with Crippen molar-refractivity contribution in [2.75, 3.05) is 23.9 Å². The molecule has 244 valence electrons. The van der Waals surface area contributed by atoms with E-state index >= 15 is 0 Å². The molecule has 0 fully saturated rings. The maximum Gasteiger partial charge on any atom is 1.00 e. The molecule has 0 spiro atoms. The molecule has 49 heavy (non-hydrogen) atoms. The van der Waals surface area contributed by atoms with E-state index in [2.05, 4.69) is 30.5 Å². The largest absolute Gasteiger partial charge is 1.00 e. The molecule has 0 aliphatic carbocycles. The molecule has 0 radical (unpaired) electrons. The summed E-state index contributed by atoms with van der Waals surface area (Å²) in [7, 11) is -9.09. The van der Waals surface area contributed by atoms with Gasteiger partial charge in [0.15, 0.2) is 5.75 Å². The van der Waals surface area contributed by atoms with Crippen molar-refractivity contribution in [1.82, 2.24) is 15.0 Å². The van der Waals surface area contributed by atoms with E-state index in [1.165, 1.54) is 31.4 Å². The van der Waals surface area contributed by atoms with E-state index < -0.39 is 47.2 Å². The summed E-state index contributed by atoms with van der Waals surface area (Å²) in [4.78, 5) is 13.0. The van der Waals surface area contributed by atoms with E-state index in [1.54, 1.807) is 0 Å². The van der Waals surface area contributed by atoms with E-state index in [0.29, 0.717) is 12.2 Å². The van der Waals surface area contributed by atoms with E-state index in [9.17, 15) is 31.0 Å². The number of phenolic OH excluding ortho intramolecular Hbond substituents is 1. The molecule has 0 saturated heterocycles. The third kappa shape index (κ3) is 9.25. The summed E-state index contributed by atoms with van der Waals surface area (Å²) in [5, 5.41) is 21.4. The number of para-hydroxylation sites is 1. The number of aromatic nitrogens is 3. The molecular formula is C29H24ClN7Na2O8S2. The molecule has 0 amide bonds. The minimum Gasteiger partial charge on any atom is -0.744 e. The van der Waals surface area contributed by atoms with Crippen LogP contribution >= 0.6 is 11.6 Å². The first-order chi connectivity index (χ1) is 22.2. The van der Waals surface area contributed by atoms with E-state index in [-0.39, 0.29) is 92.8 Å². The van der Waals surface area contributed by atoms with Gasteiger partial charge in [-0.1, -0.05) is 18.2 Å². The van der Waals surface area contributed by atoms with Crippen LogP contribution in [0, 0.1) is 6.92 Å². The van der Waals surface area contributed by atoms with E-state index in [4.69, 9.17) is 16.3 Å². The smallest absolute Gasteiger partial charge is 0.744 e. The van der Waals surface area contributed by atoms with Gasteiger partial charge in [-0.05, 0) is 84.9 Å². The number of fused-ring (bicyclic) bond motifs is 1. The van der Waals surface area contributed by atoms with Gasteiger partial charge in [-0.15, -0.1) is 10.2 Å². The van der Waals surface area contributed by atoms with Crippen LogP contribution in [0.1, 0.15) is 12.5 Å². The first-order valence-corrected chi connectivity index (χ1v) is 16.7. The molecule has 2 N–H and O–H groups in total. The SMILES string of the molecule is CCN(c1nc(Cl)nc(Nc2ccc3c(O)c(N=Nc4ccc(OC)cc4S(=O)(=O)[O-])c(S(=O)(=O)[O-])cc3c2)n1)c1ccccc1C.[Na+].[Na+]. The van der Waals surface area contributed by atoms with Crippen molar-refractivity contribution in [2.24, 2.45) is 10.2 Å². The van der Waals surface area contributed by atoms with Crippen molar-refractivity contribution in [3.63, 3.8) is 0 Å². The minimum absolute atomic E-state index is 0. The summed E-state index contributed by atoms with van der Waals surface area (Å²) in [6.45, 7) is 4.38. The molecule has 0 unspecified atom stereocenters. The van der Waals surface area contributed by atoms with Gasteiger partial charge in [-0.25, -0.2) is 16.8 Å². The van der Waals surface area contributed by atoms with Crippen molar-refractivity contribution in [3.05, 3.63) is 77.6 Å². The number of ether oxygens (including phenoxy) is 1. The summed E-state index contributed by atoms with van der Waals surface area (Å²) >= 11 is 6.23. The molecule has 15 nitrogen and oxygen atoms in total. The van der Waals surface area contributed by atoms with Crippen molar-refractivity contribution in [3.8, 4) is 11.5 Å². The van der Waals surface area contributed by atoms with Crippen LogP contribution in [0.15, 0.2) is 86.7 Å². The predicted molar refractivity (Wildman–Crippen MR) is 171 cm³/mol. The number of benzene rings is 4. The summed E-state index contributed by atoms with van der Waals surface area (Å²) < 4.78 is 77.1. The van der Waals surface area contributed by atoms with Crippen molar-refractivity contribution < 1.29 is 94.9 Å². The van der Waals surface area contributed by atoms with Crippen LogP contribution in [0.3, 0.4) is 0 Å². The van der Waals surface area contributed by atoms with Crippen molar-refractivity contribution in [2.45, 2.75) is 23.6 Å². The van der Waals surface area contributed by atoms with Crippen LogP contribution in [0.2, 0.25) is 5.28 Å². The van der Waals surface area contributed by atoms with E-state index in [0.717, 1.165) is 29.4 Å². The second-order valence-electron chi connectivity index (χ2n) is 9.83. The average molecular weight is 744 g/mol. The number of aromatic hydroxyl groups is 1. The van der Waals surface area contributed by atoms with Crippen LogP contribution < -0.4 is 74.1 Å². The fourth-order valence-corrected chi connectivity index (χ4v) is 6.08. The van der Waals surface area contributed by atoms with Gasteiger partial charge in [0.1, 0.15) is 37.4 Å². The normalized spacial score (nSPS) is 11.6. The van der Waals surface area contributed by atoms with Crippen molar-refractivity contribution in [1.29, 1.82) is 0 Å². The number of nitrogens with zero attached hydrogens (tertiary/aromatic N) is 6. The molecule has 1 heterocycles. The van der Waals surface area contributed by atoms with Gasteiger partial charge < -0.3 is 29.2 Å². The zero-order valence-corrected chi connectivity index (χ0v) is 33.1. The Morgan fingerprint density at radius 2 is 1.61 bits per heavy atom. The van der Waals surface area contributed by atoms with Gasteiger partial charge in [0.25, 0.3) is 0 Å². The number of methoxy groups -OCH3 is 1. The first-order valence-electron chi connectivity index (χ1n) is 13.5. The van der Waals surface area contributed by atoms with Gasteiger partial charge in [0, 0.05) is 23.3 Å². The second kappa shape index (κ2) is 16.4. The quantitative estimate of drug-likeness (QED) is 0.108. The number of hydrogen-bond acceptors (Lipinski definition) is 15. The predicted octanol–water partition coefficient (Wildman–Crippen LogP) is -0.166. The Bertz CT molecular complexity index is 2280. The average Bonchev–Trinajstić information content (AvgIpc) is 3.00. The molecular weight excluding hydrogens is 720 g/mol. The molecule has 0 aliphatic heterocycles. The molecule has 0 aliphatic rings. The maximum absolute atomic E-state index is 12.3. The standard InChI is InChI=1S/C29H26ClN7O8S2.2Na/c1-4-37(22-8-6-5-7-16(22)2)29-33-27(30)32-28(34-29)31-18-9-11-20-17(13-18)14-24(47(42,43)44)25(26(20)38)36-35-21-12-10-19(45-3)15-23(21)46(39,40)41;;/h5-15,38H,4H2,1-3H3,(H,39,40,41)(H,42,43,44)(H,31,32,33,34);;/q;2*+1/p-2. The van der Waals surface area contributed by atoms with Crippen LogP contribution in [-0.4, -0.2) is 59.7 Å². The van der Waals surface area contributed by atoms with Crippen LogP contribution in [0.5, 0.6) is 11.5 Å². The van der Waals surface area contributed by atoms with Gasteiger partial charge in [-0.2, -0.15) is 15.0 Å². The summed E-state index contributed by atoms with van der Waals surface area (Å²) in [6, 6.07) is 16.2. The van der Waals surface area contributed by atoms with Gasteiger partial charge in [0.05, 0.1) is 16.9 Å². The van der Waals surface area contributed by atoms with Gasteiger partial charge in [0.2, 0.25) is 17.2 Å². The number of phenols is 1. The molecule has 0 bridgehead atoms. The third-order valence-electron chi connectivity index (χ3n) is 6.83. The molecule has 5 rings (SSSR count). The summed E-state index contributed by atoms with van der Waals surface area (Å²) in [5.74, 6) is -0.387. The molecule has 20 heteroatoms. The summed E-state index contributed by atoms with van der Waals surface area (Å²) in [6.07, 6.45) is 0. The first kappa shape index (κ1) is 40.5. The Labute approximate surface area is 330 Å². The number of hydrogen-bond donors (Lipinski definition) is 2. The number of azo groups is 1. The minimum atomic E-state index is -5.27. The Hall–Kier alpha value is -2.94. The third-order valence-corrected chi connectivity index (χ3v) is 8.72. The zero-order chi connectivity index (χ0) is 34.1. The Morgan fingerprint density at radius 3 is 2.24 bits per heavy atom. The molecule has 0 saturated carbocycles. The van der Waals surface area contributed by atoms with Crippen LogP contribution in [0.4, 0.5) is 34.6 Å². The van der Waals surface area contributed by atoms with Crippen LogP contribution in [-0.2, 0) is 20.2 Å². The number of halogens is 1. The molecule has 1 aromatic heterocycles. The van der Waals surface area contributed by atoms with Gasteiger partial charge >= 0.3 is 59.1 Å². The second-order valence-corrected chi connectivity index (χ2v) is 12.9. The maximum atomic E-state index is 12.3. The number of rotatable bonds is 10. The van der Waals surface area contributed by atoms with Crippen LogP contribution in [0.25, 0.3) is 10.8 Å². The molecule has 0 atom stereocenters. The summed E-state index contributed by atoms with van der Waals surface area (Å²) in [5.41, 5.74) is 0.937. The Balaban J connectivity index is 0.00000325. The fraction of sp³-hybridized carbons (Fsp3) is 0.138.